The third-order valence-electron chi connectivity index (χ3n) is 5.00. The lowest BCUT2D eigenvalue weighted by Gasteiger charge is -2.25. The van der Waals surface area contributed by atoms with E-state index >= 15 is 0 Å². The molecule has 0 radical (unpaired) electrons. The van der Waals surface area contributed by atoms with Crippen LogP contribution < -0.4 is 10.2 Å². The Morgan fingerprint density at radius 2 is 1.45 bits per heavy atom. The second-order valence-corrected chi connectivity index (χ2v) is 9.56. The third kappa shape index (κ3) is 6.18. The highest BCUT2D eigenvalue weighted by molar-refractivity contribution is 5.95. The molecule has 0 aromatic heterocycles. The minimum atomic E-state index is -0.0979. The van der Waals surface area contributed by atoms with E-state index in [1.165, 1.54) is 12.5 Å². The lowest BCUT2D eigenvalue weighted by atomic mass is 9.86. The topological polar surface area (TPSA) is 49.4 Å². The van der Waals surface area contributed by atoms with Gasteiger partial charge in [-0.05, 0) is 40.2 Å². The first-order valence-electron chi connectivity index (χ1n) is 10.2. The molecule has 2 rings (SSSR count). The summed E-state index contributed by atoms with van der Waals surface area (Å²) in [5.74, 6) is -0.171. The Morgan fingerprint density at radius 1 is 0.862 bits per heavy atom. The average Bonchev–Trinajstić information content (AvgIpc) is 2.61. The number of carbonyl (C=O) groups excluding carboxylic acids is 2. The summed E-state index contributed by atoms with van der Waals surface area (Å²) < 4.78 is 0. The summed E-state index contributed by atoms with van der Waals surface area (Å²) in [6.07, 6.45) is 0.235. The van der Waals surface area contributed by atoms with Crippen LogP contribution in [0.3, 0.4) is 0 Å². The minimum absolute atomic E-state index is 0.0555. The standard InChI is InChI=1S/C25H34N2O2/c1-18(28)27(20-14-12-19(13-15-20)24(2,3)4)17-16-23(29)26-22-11-9-8-10-21(22)25(5,6)7/h8-15H,16-17H2,1-7H3,(H,26,29). The van der Waals surface area contributed by atoms with E-state index in [4.69, 9.17) is 0 Å². The average molecular weight is 395 g/mol. The Balaban J connectivity index is 2.08. The minimum Gasteiger partial charge on any atom is -0.326 e. The predicted octanol–water partition coefficient (Wildman–Crippen LogP) is 5.66. The van der Waals surface area contributed by atoms with Crippen molar-refractivity contribution < 1.29 is 9.59 Å². The van der Waals surface area contributed by atoms with Gasteiger partial charge >= 0.3 is 0 Å². The van der Waals surface area contributed by atoms with Gasteiger partial charge in [0.2, 0.25) is 11.8 Å². The SMILES string of the molecule is CC(=O)N(CCC(=O)Nc1ccccc1C(C)(C)C)c1ccc(C(C)(C)C)cc1. The lowest BCUT2D eigenvalue weighted by Crippen LogP contribution is -2.32. The summed E-state index contributed by atoms with van der Waals surface area (Å²) in [5.41, 5.74) is 3.93. The van der Waals surface area contributed by atoms with Gasteiger partial charge in [0.1, 0.15) is 0 Å². The number of benzene rings is 2. The van der Waals surface area contributed by atoms with E-state index in [1.54, 1.807) is 4.90 Å². The number of hydrogen-bond acceptors (Lipinski definition) is 2. The van der Waals surface area contributed by atoms with Gasteiger partial charge in [0.25, 0.3) is 0 Å². The van der Waals surface area contributed by atoms with E-state index in [-0.39, 0.29) is 29.1 Å². The van der Waals surface area contributed by atoms with Gasteiger partial charge in [-0.15, -0.1) is 0 Å². The molecule has 0 saturated carbocycles. The van der Waals surface area contributed by atoms with E-state index in [0.29, 0.717) is 6.54 Å². The van der Waals surface area contributed by atoms with Crippen LogP contribution in [0.1, 0.15) is 66.0 Å². The second kappa shape index (κ2) is 8.81. The number of para-hydroxylation sites is 1. The monoisotopic (exact) mass is 394 g/mol. The summed E-state index contributed by atoms with van der Waals surface area (Å²) in [4.78, 5) is 26.4. The van der Waals surface area contributed by atoms with Crippen LogP contribution in [-0.4, -0.2) is 18.4 Å². The highest BCUT2D eigenvalue weighted by atomic mass is 16.2. The van der Waals surface area contributed by atoms with Crippen molar-refractivity contribution in [1.82, 2.24) is 0 Å². The van der Waals surface area contributed by atoms with E-state index < -0.39 is 0 Å². The molecule has 0 saturated heterocycles. The molecule has 0 spiro atoms. The molecule has 2 amide bonds. The van der Waals surface area contributed by atoms with Gasteiger partial charge in [-0.3, -0.25) is 9.59 Å². The fraction of sp³-hybridized carbons (Fsp3) is 0.440. The number of anilines is 2. The molecule has 2 aromatic carbocycles. The van der Waals surface area contributed by atoms with Crippen LogP contribution >= 0.6 is 0 Å². The van der Waals surface area contributed by atoms with Crippen molar-refractivity contribution in [2.75, 3.05) is 16.8 Å². The van der Waals surface area contributed by atoms with Crippen LogP contribution in [0.15, 0.2) is 48.5 Å². The molecule has 0 fully saturated rings. The van der Waals surface area contributed by atoms with Gasteiger partial charge < -0.3 is 10.2 Å². The van der Waals surface area contributed by atoms with Crippen molar-refractivity contribution in [3.05, 3.63) is 59.7 Å². The number of nitrogens with zero attached hydrogens (tertiary/aromatic N) is 1. The summed E-state index contributed by atoms with van der Waals surface area (Å²) in [7, 11) is 0. The predicted molar refractivity (Wildman–Crippen MR) is 122 cm³/mol. The number of hydrogen-bond donors (Lipinski definition) is 1. The Bertz CT molecular complexity index is 856. The number of carbonyl (C=O) groups is 2. The Kier molecular flexibility index (Phi) is 6.89. The van der Waals surface area contributed by atoms with Crippen molar-refractivity contribution in [1.29, 1.82) is 0 Å². The van der Waals surface area contributed by atoms with E-state index in [1.807, 2.05) is 48.5 Å². The van der Waals surface area contributed by atoms with Gasteiger partial charge in [-0.2, -0.15) is 0 Å². The molecule has 4 nitrogen and oxygen atoms in total. The molecule has 4 heteroatoms. The zero-order valence-electron chi connectivity index (χ0n) is 18.8. The molecule has 0 aliphatic heterocycles. The first-order valence-corrected chi connectivity index (χ1v) is 10.2. The third-order valence-corrected chi connectivity index (χ3v) is 5.00. The first-order chi connectivity index (χ1) is 13.4. The number of nitrogens with one attached hydrogen (secondary N) is 1. The Morgan fingerprint density at radius 3 is 1.97 bits per heavy atom. The molecular formula is C25H34N2O2. The summed E-state index contributed by atoms with van der Waals surface area (Å²) in [6, 6.07) is 15.9. The molecule has 2 aromatic rings. The molecule has 29 heavy (non-hydrogen) atoms. The van der Waals surface area contributed by atoms with Crippen molar-refractivity contribution in [2.24, 2.45) is 0 Å². The van der Waals surface area contributed by atoms with E-state index in [9.17, 15) is 9.59 Å². The van der Waals surface area contributed by atoms with E-state index in [0.717, 1.165) is 16.9 Å². The summed E-state index contributed by atoms with van der Waals surface area (Å²) in [5, 5.41) is 3.01. The van der Waals surface area contributed by atoms with Crippen molar-refractivity contribution in [3.63, 3.8) is 0 Å². The van der Waals surface area contributed by atoms with Gasteiger partial charge in [-0.25, -0.2) is 0 Å². The van der Waals surface area contributed by atoms with Crippen molar-refractivity contribution >= 4 is 23.2 Å². The summed E-state index contributed by atoms with van der Waals surface area (Å²) >= 11 is 0. The number of rotatable bonds is 5. The summed E-state index contributed by atoms with van der Waals surface area (Å²) in [6.45, 7) is 14.7. The van der Waals surface area contributed by atoms with Crippen LogP contribution in [0.5, 0.6) is 0 Å². The first kappa shape index (κ1) is 22.7. The largest absolute Gasteiger partial charge is 0.326 e. The second-order valence-electron chi connectivity index (χ2n) is 9.56. The van der Waals surface area contributed by atoms with Crippen LogP contribution in [-0.2, 0) is 20.4 Å². The molecule has 0 unspecified atom stereocenters. The molecule has 0 atom stereocenters. The highest BCUT2D eigenvalue weighted by Gasteiger charge is 2.20. The van der Waals surface area contributed by atoms with Crippen LogP contribution in [0.25, 0.3) is 0 Å². The maximum absolute atomic E-state index is 12.6. The number of amides is 2. The van der Waals surface area contributed by atoms with Crippen LogP contribution in [0.4, 0.5) is 11.4 Å². The zero-order valence-corrected chi connectivity index (χ0v) is 18.8. The maximum Gasteiger partial charge on any atom is 0.226 e. The Hall–Kier alpha value is -2.62. The van der Waals surface area contributed by atoms with Crippen molar-refractivity contribution in [3.8, 4) is 0 Å². The molecule has 0 aliphatic rings. The molecular weight excluding hydrogens is 360 g/mol. The lowest BCUT2D eigenvalue weighted by molar-refractivity contribution is -0.117. The molecule has 0 aliphatic carbocycles. The van der Waals surface area contributed by atoms with Gasteiger partial charge in [-0.1, -0.05) is 71.9 Å². The highest BCUT2D eigenvalue weighted by Crippen LogP contribution is 2.29. The van der Waals surface area contributed by atoms with Gasteiger partial charge in [0, 0.05) is 31.3 Å². The fourth-order valence-electron chi connectivity index (χ4n) is 3.28. The molecule has 156 valence electrons. The van der Waals surface area contributed by atoms with Gasteiger partial charge in [0.05, 0.1) is 0 Å². The fourth-order valence-corrected chi connectivity index (χ4v) is 3.28. The van der Waals surface area contributed by atoms with Crippen LogP contribution in [0, 0.1) is 0 Å². The zero-order chi connectivity index (χ0) is 21.8. The van der Waals surface area contributed by atoms with Crippen LogP contribution in [0.2, 0.25) is 0 Å². The molecule has 0 bridgehead atoms. The maximum atomic E-state index is 12.6. The van der Waals surface area contributed by atoms with E-state index in [2.05, 4.69) is 46.9 Å². The Labute approximate surface area is 175 Å². The van der Waals surface area contributed by atoms with Gasteiger partial charge in [0.15, 0.2) is 0 Å². The quantitative estimate of drug-likeness (QED) is 0.711. The van der Waals surface area contributed by atoms with Crippen molar-refractivity contribution in [2.45, 2.75) is 65.7 Å². The molecule has 0 heterocycles. The smallest absolute Gasteiger partial charge is 0.226 e. The molecule has 1 N–H and O–H groups in total. The normalized spacial score (nSPS) is 11.8.